The molecular formula is C16H22FN5S. The molecule has 0 aliphatic rings. The van der Waals surface area contributed by atoms with Gasteiger partial charge in [0.25, 0.3) is 0 Å². The van der Waals surface area contributed by atoms with E-state index in [1.807, 2.05) is 37.4 Å². The van der Waals surface area contributed by atoms with E-state index in [1.54, 1.807) is 23.5 Å². The number of nitrogens with one attached hydrogen (secondary N) is 2. The monoisotopic (exact) mass is 335 g/mol. The fourth-order valence-corrected chi connectivity index (χ4v) is 2.65. The van der Waals surface area contributed by atoms with Crippen LogP contribution < -0.4 is 15.5 Å². The zero-order valence-electron chi connectivity index (χ0n) is 13.6. The second-order valence-corrected chi connectivity index (χ2v) is 5.99. The van der Waals surface area contributed by atoms with Gasteiger partial charge < -0.3 is 15.5 Å². The van der Waals surface area contributed by atoms with E-state index in [-0.39, 0.29) is 5.82 Å². The summed E-state index contributed by atoms with van der Waals surface area (Å²) in [6, 6.07) is 6.68. The van der Waals surface area contributed by atoms with Crippen molar-refractivity contribution in [1.29, 1.82) is 0 Å². The van der Waals surface area contributed by atoms with E-state index in [1.165, 1.54) is 6.07 Å². The number of aromatic nitrogens is 1. The summed E-state index contributed by atoms with van der Waals surface area (Å²) in [5.41, 5.74) is 1.53. The molecule has 23 heavy (non-hydrogen) atoms. The number of nitrogens with zero attached hydrogens (tertiary/aromatic N) is 3. The summed E-state index contributed by atoms with van der Waals surface area (Å²) in [6.07, 6.45) is 0. The summed E-state index contributed by atoms with van der Waals surface area (Å²) in [7, 11) is 3.94. The molecule has 0 aliphatic carbocycles. The molecule has 1 aromatic heterocycles. The van der Waals surface area contributed by atoms with Gasteiger partial charge in [0.15, 0.2) is 11.1 Å². The van der Waals surface area contributed by atoms with E-state index < -0.39 is 0 Å². The van der Waals surface area contributed by atoms with Crippen molar-refractivity contribution < 1.29 is 4.39 Å². The molecule has 1 aromatic carbocycles. The number of guanidine groups is 1. The Bertz CT molecular complexity index is 653. The summed E-state index contributed by atoms with van der Waals surface area (Å²) < 4.78 is 13.6. The summed E-state index contributed by atoms with van der Waals surface area (Å²) in [5.74, 6) is 0.414. The Morgan fingerprint density at radius 1 is 1.30 bits per heavy atom. The Labute approximate surface area is 140 Å². The second kappa shape index (κ2) is 8.47. The molecule has 0 amide bonds. The highest BCUT2D eigenvalue weighted by atomic mass is 32.1. The largest absolute Gasteiger partial charge is 0.357 e. The molecule has 0 atom stereocenters. The van der Waals surface area contributed by atoms with Crippen molar-refractivity contribution in [2.75, 3.05) is 25.5 Å². The van der Waals surface area contributed by atoms with Crippen molar-refractivity contribution in [3.05, 3.63) is 46.7 Å². The molecule has 0 bridgehead atoms. The molecule has 124 valence electrons. The first-order valence-corrected chi connectivity index (χ1v) is 8.35. The van der Waals surface area contributed by atoms with Gasteiger partial charge in [-0.05, 0) is 13.0 Å². The number of aliphatic imine (C=N–C) groups is 1. The fourth-order valence-electron chi connectivity index (χ4n) is 1.89. The van der Waals surface area contributed by atoms with Gasteiger partial charge in [0.05, 0.1) is 18.8 Å². The van der Waals surface area contributed by atoms with Gasteiger partial charge in [-0.3, -0.25) is 0 Å². The predicted octanol–water partition coefficient (Wildman–Crippen LogP) is 2.60. The van der Waals surface area contributed by atoms with Crippen molar-refractivity contribution >= 4 is 22.4 Å². The first-order chi connectivity index (χ1) is 11.1. The zero-order chi connectivity index (χ0) is 16.7. The topological polar surface area (TPSA) is 52.6 Å². The molecule has 0 aliphatic heterocycles. The minimum absolute atomic E-state index is 0.234. The van der Waals surface area contributed by atoms with Gasteiger partial charge in [-0.2, -0.15) is 0 Å². The third-order valence-corrected chi connectivity index (χ3v) is 4.13. The molecule has 0 fully saturated rings. The van der Waals surface area contributed by atoms with Crippen molar-refractivity contribution in [2.45, 2.75) is 20.0 Å². The molecule has 0 saturated carbocycles. The maximum atomic E-state index is 13.6. The molecule has 0 unspecified atom stereocenters. The lowest BCUT2D eigenvalue weighted by Gasteiger charge is -2.10. The van der Waals surface area contributed by atoms with Crippen molar-refractivity contribution in [3.8, 4) is 0 Å². The highest BCUT2D eigenvalue weighted by Gasteiger charge is 2.05. The van der Waals surface area contributed by atoms with Gasteiger partial charge in [-0.1, -0.05) is 18.2 Å². The van der Waals surface area contributed by atoms with Gasteiger partial charge in [-0.15, -0.1) is 11.3 Å². The molecule has 2 aromatic rings. The number of hydrogen-bond donors (Lipinski definition) is 2. The highest BCUT2D eigenvalue weighted by Crippen LogP contribution is 2.17. The van der Waals surface area contributed by atoms with Crippen LogP contribution in [0.1, 0.15) is 18.2 Å². The van der Waals surface area contributed by atoms with Crippen LogP contribution in [0.4, 0.5) is 9.52 Å². The quantitative estimate of drug-likeness (QED) is 0.629. The van der Waals surface area contributed by atoms with E-state index >= 15 is 0 Å². The number of thiazole rings is 1. The van der Waals surface area contributed by atoms with Crippen LogP contribution in [0.15, 0.2) is 34.6 Å². The first-order valence-electron chi connectivity index (χ1n) is 7.47. The van der Waals surface area contributed by atoms with Crippen LogP contribution in [0, 0.1) is 5.82 Å². The van der Waals surface area contributed by atoms with Crippen LogP contribution in [0.5, 0.6) is 0 Å². The smallest absolute Gasteiger partial charge is 0.191 e. The minimum Gasteiger partial charge on any atom is -0.357 e. The summed E-state index contributed by atoms with van der Waals surface area (Å²) in [4.78, 5) is 10.9. The van der Waals surface area contributed by atoms with Crippen LogP contribution in [0.25, 0.3) is 0 Å². The van der Waals surface area contributed by atoms with E-state index in [4.69, 9.17) is 0 Å². The van der Waals surface area contributed by atoms with Crippen LogP contribution in [0.2, 0.25) is 0 Å². The predicted molar refractivity (Wildman–Crippen MR) is 94.5 cm³/mol. The maximum Gasteiger partial charge on any atom is 0.191 e. The van der Waals surface area contributed by atoms with Gasteiger partial charge in [0, 0.05) is 31.6 Å². The average molecular weight is 335 g/mol. The Balaban J connectivity index is 1.97. The summed E-state index contributed by atoms with van der Waals surface area (Å²) in [5, 5.41) is 9.36. The summed E-state index contributed by atoms with van der Waals surface area (Å²) in [6.45, 7) is 3.60. The molecule has 7 heteroatoms. The number of benzene rings is 1. The second-order valence-electron chi connectivity index (χ2n) is 5.16. The van der Waals surface area contributed by atoms with Gasteiger partial charge >= 0.3 is 0 Å². The Kier molecular flexibility index (Phi) is 6.34. The first kappa shape index (κ1) is 17.2. The number of anilines is 1. The third kappa shape index (κ3) is 5.21. The molecule has 5 nitrogen and oxygen atoms in total. The molecule has 0 saturated heterocycles. The lowest BCUT2D eigenvalue weighted by molar-refractivity contribution is 0.610. The van der Waals surface area contributed by atoms with Crippen LogP contribution in [0.3, 0.4) is 0 Å². The van der Waals surface area contributed by atoms with E-state index in [2.05, 4.69) is 20.6 Å². The lowest BCUT2D eigenvalue weighted by atomic mass is 10.2. The van der Waals surface area contributed by atoms with Gasteiger partial charge in [0.1, 0.15) is 5.82 Å². The molecule has 2 rings (SSSR count). The number of hydrogen-bond acceptors (Lipinski definition) is 4. The van der Waals surface area contributed by atoms with Crippen LogP contribution in [-0.4, -0.2) is 31.6 Å². The molecule has 1 heterocycles. The fraction of sp³-hybridized carbons (Fsp3) is 0.375. The standard InChI is InChI=1S/C16H22FN5S/c1-4-18-15(19-9-12-7-5-6-8-14(12)17)20-10-13-11-23-16(21-13)22(2)3/h5-8,11H,4,9-10H2,1-3H3,(H2,18,19,20). The third-order valence-electron chi connectivity index (χ3n) is 3.07. The van der Waals surface area contributed by atoms with Crippen molar-refractivity contribution in [1.82, 2.24) is 15.6 Å². The maximum absolute atomic E-state index is 13.6. The summed E-state index contributed by atoms with van der Waals surface area (Å²) >= 11 is 1.60. The van der Waals surface area contributed by atoms with Crippen molar-refractivity contribution in [2.24, 2.45) is 4.99 Å². The number of halogens is 1. The number of rotatable bonds is 6. The van der Waals surface area contributed by atoms with E-state index in [0.717, 1.165) is 17.4 Å². The van der Waals surface area contributed by atoms with E-state index in [9.17, 15) is 4.39 Å². The van der Waals surface area contributed by atoms with Gasteiger partial charge in [0.2, 0.25) is 0 Å². The molecular weight excluding hydrogens is 313 g/mol. The molecule has 2 N–H and O–H groups in total. The molecule has 0 spiro atoms. The highest BCUT2D eigenvalue weighted by molar-refractivity contribution is 7.13. The average Bonchev–Trinajstić information content (AvgIpc) is 3.00. The Morgan fingerprint density at radius 3 is 2.74 bits per heavy atom. The minimum atomic E-state index is -0.234. The SMILES string of the molecule is CCNC(=NCc1ccccc1F)NCc1csc(N(C)C)n1. The van der Waals surface area contributed by atoms with Crippen LogP contribution >= 0.6 is 11.3 Å². The normalized spacial score (nSPS) is 11.4. The zero-order valence-corrected chi connectivity index (χ0v) is 14.5. The van der Waals surface area contributed by atoms with Gasteiger partial charge in [-0.25, -0.2) is 14.4 Å². The van der Waals surface area contributed by atoms with Crippen molar-refractivity contribution in [3.63, 3.8) is 0 Å². The molecule has 0 radical (unpaired) electrons. The lowest BCUT2D eigenvalue weighted by Crippen LogP contribution is -2.36. The Hall–Kier alpha value is -2.15. The van der Waals surface area contributed by atoms with Crippen LogP contribution in [-0.2, 0) is 13.1 Å². The Morgan fingerprint density at radius 2 is 2.09 bits per heavy atom. The van der Waals surface area contributed by atoms with E-state index in [0.29, 0.717) is 24.6 Å².